The molecule has 20 heavy (non-hydrogen) atoms. The van der Waals surface area contributed by atoms with Crippen molar-refractivity contribution in [2.24, 2.45) is 0 Å². The zero-order valence-electron chi connectivity index (χ0n) is 10.4. The Labute approximate surface area is 119 Å². The number of aromatic nitrogens is 1. The van der Waals surface area contributed by atoms with Crippen molar-refractivity contribution in [3.05, 3.63) is 41.5 Å². The van der Waals surface area contributed by atoms with E-state index in [1.165, 1.54) is 30.0 Å². The lowest BCUT2D eigenvalue weighted by atomic mass is 10.2. The normalized spacial score (nSPS) is 10.1. The third kappa shape index (κ3) is 2.21. The lowest BCUT2D eigenvalue weighted by Gasteiger charge is -2.09. The predicted molar refractivity (Wildman–Crippen MR) is 73.4 cm³/mol. The van der Waals surface area contributed by atoms with Gasteiger partial charge in [0.15, 0.2) is 5.69 Å². The van der Waals surface area contributed by atoms with Crippen molar-refractivity contribution in [1.82, 2.24) is 4.57 Å². The van der Waals surface area contributed by atoms with E-state index in [9.17, 15) is 9.18 Å². The fraction of sp³-hybridized carbons (Fsp3) is 0.0769. The first-order valence-electron chi connectivity index (χ1n) is 5.47. The molecule has 0 aliphatic heterocycles. The maximum Gasteiger partial charge on any atom is 0.357 e. The number of anilines is 1. The molecule has 0 aliphatic rings. The van der Waals surface area contributed by atoms with Gasteiger partial charge in [-0.2, -0.15) is 5.26 Å². The van der Waals surface area contributed by atoms with Gasteiger partial charge in [0.05, 0.1) is 24.0 Å². The Balaban J connectivity index is 2.74. The number of hydrogen-bond donors (Lipinski definition) is 2. The van der Waals surface area contributed by atoms with Crippen molar-refractivity contribution in [2.45, 2.75) is 4.90 Å². The second kappa shape index (κ2) is 5.27. The van der Waals surface area contributed by atoms with Crippen molar-refractivity contribution < 1.29 is 13.9 Å². The molecule has 5 nitrogen and oxygen atoms in total. The molecule has 2 aromatic rings. The van der Waals surface area contributed by atoms with Crippen LogP contribution in [0.1, 0.15) is 16.1 Å². The van der Waals surface area contributed by atoms with E-state index in [-0.39, 0.29) is 22.6 Å². The molecule has 2 N–H and O–H groups in total. The lowest BCUT2D eigenvalue weighted by molar-refractivity contribution is 0.0593. The fourth-order valence-corrected chi connectivity index (χ4v) is 1.98. The minimum absolute atomic E-state index is 0.0475. The minimum Gasteiger partial charge on any atom is -0.464 e. The smallest absolute Gasteiger partial charge is 0.357 e. The van der Waals surface area contributed by atoms with Crippen LogP contribution in [0.4, 0.5) is 10.1 Å². The zero-order chi connectivity index (χ0) is 14.9. The molecule has 0 spiro atoms. The monoisotopic (exact) mass is 291 g/mol. The Morgan fingerprint density at radius 3 is 2.80 bits per heavy atom. The first-order chi connectivity index (χ1) is 9.49. The van der Waals surface area contributed by atoms with E-state index in [4.69, 9.17) is 11.0 Å². The van der Waals surface area contributed by atoms with Crippen LogP contribution in [-0.4, -0.2) is 17.6 Å². The summed E-state index contributed by atoms with van der Waals surface area (Å²) in [6.07, 6.45) is 1.29. The van der Waals surface area contributed by atoms with Gasteiger partial charge in [0.1, 0.15) is 11.9 Å². The Morgan fingerprint density at radius 1 is 1.55 bits per heavy atom. The second-order valence-corrected chi connectivity index (χ2v) is 4.43. The number of ether oxygens (including phenoxy) is 1. The summed E-state index contributed by atoms with van der Waals surface area (Å²) < 4.78 is 19.8. The van der Waals surface area contributed by atoms with Crippen LogP contribution >= 0.6 is 12.6 Å². The number of esters is 1. The van der Waals surface area contributed by atoms with E-state index < -0.39 is 11.8 Å². The summed E-state index contributed by atoms with van der Waals surface area (Å²) in [7, 11) is 1.18. The van der Waals surface area contributed by atoms with Crippen LogP contribution in [0.3, 0.4) is 0 Å². The lowest BCUT2D eigenvalue weighted by Crippen LogP contribution is -2.12. The van der Waals surface area contributed by atoms with Crippen molar-refractivity contribution in [3.63, 3.8) is 0 Å². The standard InChI is InChI=1S/C13H10FN3O2S/c1-19-13(18)12-11(16)7(5-15)6-17(12)10-3-2-8(20)4-9(10)14/h2-4,6,20H,16H2,1H3. The van der Waals surface area contributed by atoms with Gasteiger partial charge in [-0.15, -0.1) is 12.6 Å². The van der Waals surface area contributed by atoms with Crippen LogP contribution in [0.5, 0.6) is 0 Å². The number of halogens is 1. The van der Waals surface area contributed by atoms with Gasteiger partial charge < -0.3 is 15.0 Å². The van der Waals surface area contributed by atoms with E-state index in [0.717, 1.165) is 0 Å². The number of hydrogen-bond acceptors (Lipinski definition) is 5. The molecule has 0 radical (unpaired) electrons. The average Bonchev–Trinajstić information content (AvgIpc) is 2.74. The van der Waals surface area contributed by atoms with Crippen molar-refractivity contribution in [3.8, 4) is 11.8 Å². The molecule has 0 fully saturated rings. The molecule has 0 aliphatic carbocycles. The molecule has 2 rings (SSSR count). The molecule has 0 unspecified atom stereocenters. The third-order valence-electron chi connectivity index (χ3n) is 2.73. The van der Waals surface area contributed by atoms with Crippen LogP contribution in [0, 0.1) is 17.1 Å². The number of benzene rings is 1. The van der Waals surface area contributed by atoms with Gasteiger partial charge in [0, 0.05) is 11.1 Å². The maximum atomic E-state index is 14.0. The SMILES string of the molecule is COC(=O)c1c(N)c(C#N)cn1-c1ccc(S)cc1F. The fourth-order valence-electron chi connectivity index (χ4n) is 1.80. The number of carbonyl (C=O) groups is 1. The summed E-state index contributed by atoms with van der Waals surface area (Å²) in [6.45, 7) is 0. The first-order valence-corrected chi connectivity index (χ1v) is 5.92. The second-order valence-electron chi connectivity index (χ2n) is 3.91. The molecule has 0 bridgehead atoms. The van der Waals surface area contributed by atoms with Gasteiger partial charge in [-0.25, -0.2) is 9.18 Å². The number of nitrogens with zero attached hydrogens (tertiary/aromatic N) is 2. The third-order valence-corrected chi connectivity index (χ3v) is 3.01. The molecule has 0 saturated carbocycles. The van der Waals surface area contributed by atoms with E-state index in [1.807, 2.05) is 6.07 Å². The number of nitrogen functional groups attached to an aromatic ring is 1. The summed E-state index contributed by atoms with van der Waals surface area (Å²) in [4.78, 5) is 12.2. The summed E-state index contributed by atoms with van der Waals surface area (Å²) in [5.74, 6) is -1.35. The van der Waals surface area contributed by atoms with Crippen molar-refractivity contribution in [1.29, 1.82) is 5.26 Å². The largest absolute Gasteiger partial charge is 0.464 e. The Kier molecular flexibility index (Phi) is 3.68. The van der Waals surface area contributed by atoms with Crippen LogP contribution in [0.25, 0.3) is 5.69 Å². The summed E-state index contributed by atoms with van der Waals surface area (Å²) in [5, 5.41) is 8.97. The molecule has 0 amide bonds. The summed E-state index contributed by atoms with van der Waals surface area (Å²) in [5.41, 5.74) is 5.74. The van der Waals surface area contributed by atoms with Crippen LogP contribution < -0.4 is 5.73 Å². The Hall–Kier alpha value is -2.46. The van der Waals surface area contributed by atoms with Gasteiger partial charge >= 0.3 is 5.97 Å². The highest BCUT2D eigenvalue weighted by molar-refractivity contribution is 7.80. The summed E-state index contributed by atoms with van der Waals surface area (Å²) >= 11 is 4.02. The number of rotatable bonds is 2. The van der Waals surface area contributed by atoms with Gasteiger partial charge in [0.25, 0.3) is 0 Å². The molecule has 102 valence electrons. The quantitative estimate of drug-likeness (QED) is 0.656. The van der Waals surface area contributed by atoms with Gasteiger partial charge in [0.2, 0.25) is 0 Å². The van der Waals surface area contributed by atoms with Crippen LogP contribution in [0.2, 0.25) is 0 Å². The van der Waals surface area contributed by atoms with Crippen molar-refractivity contribution >= 4 is 24.3 Å². The van der Waals surface area contributed by atoms with Crippen molar-refractivity contribution in [2.75, 3.05) is 12.8 Å². The molecular formula is C13H10FN3O2S. The number of methoxy groups -OCH3 is 1. The van der Waals surface area contributed by atoms with Crippen LogP contribution in [0.15, 0.2) is 29.3 Å². The molecule has 0 saturated heterocycles. The Morgan fingerprint density at radius 2 is 2.25 bits per heavy atom. The van der Waals surface area contributed by atoms with Gasteiger partial charge in [-0.05, 0) is 18.2 Å². The average molecular weight is 291 g/mol. The Bertz CT molecular complexity index is 734. The number of carbonyl (C=O) groups excluding carboxylic acids is 1. The zero-order valence-corrected chi connectivity index (χ0v) is 11.3. The number of nitrogens with two attached hydrogens (primary N) is 1. The van der Waals surface area contributed by atoms with Gasteiger partial charge in [-0.1, -0.05) is 0 Å². The molecule has 1 aromatic carbocycles. The number of thiol groups is 1. The molecule has 7 heteroatoms. The highest BCUT2D eigenvalue weighted by Gasteiger charge is 2.23. The highest BCUT2D eigenvalue weighted by Crippen LogP contribution is 2.26. The molecule has 1 heterocycles. The molecular weight excluding hydrogens is 281 g/mol. The van der Waals surface area contributed by atoms with Gasteiger partial charge in [-0.3, -0.25) is 0 Å². The molecule has 0 atom stereocenters. The first kappa shape index (κ1) is 14.0. The van der Waals surface area contributed by atoms with Crippen LogP contribution in [-0.2, 0) is 4.74 Å². The van der Waals surface area contributed by atoms with E-state index >= 15 is 0 Å². The minimum atomic E-state index is -0.752. The highest BCUT2D eigenvalue weighted by atomic mass is 32.1. The maximum absolute atomic E-state index is 14.0. The molecule has 1 aromatic heterocycles. The number of nitriles is 1. The van der Waals surface area contributed by atoms with E-state index in [1.54, 1.807) is 6.07 Å². The van der Waals surface area contributed by atoms with E-state index in [2.05, 4.69) is 17.4 Å². The van der Waals surface area contributed by atoms with E-state index in [0.29, 0.717) is 4.90 Å². The summed E-state index contributed by atoms with van der Waals surface area (Å²) in [6, 6.07) is 6.04. The predicted octanol–water partition coefficient (Wildman–Crippen LogP) is 2.15. The topological polar surface area (TPSA) is 81.0 Å².